The van der Waals surface area contributed by atoms with Gasteiger partial charge in [0.15, 0.2) is 5.78 Å². The Hall–Kier alpha value is -1.09. The van der Waals surface area contributed by atoms with Crippen LogP contribution in [0.15, 0.2) is 28.9 Å². The van der Waals surface area contributed by atoms with Crippen molar-refractivity contribution in [2.24, 2.45) is 5.41 Å². The maximum absolute atomic E-state index is 12.3. The van der Waals surface area contributed by atoms with Crippen molar-refractivity contribution in [3.8, 4) is 0 Å². The summed E-state index contributed by atoms with van der Waals surface area (Å²) in [5, 5.41) is 0.974. The van der Waals surface area contributed by atoms with Gasteiger partial charge in [0, 0.05) is 32.6 Å². The van der Waals surface area contributed by atoms with Crippen LogP contribution in [0.25, 0.3) is 10.9 Å². The minimum atomic E-state index is -0.357. The number of Topliss-reactive ketones (excluding diaryl/α,β-unsaturated/α-hetero) is 1. The summed E-state index contributed by atoms with van der Waals surface area (Å²) in [5.41, 5.74) is 1.39. The Morgan fingerprint density at radius 1 is 1.31 bits per heavy atom. The second-order valence-corrected chi connectivity index (χ2v) is 5.80. The summed E-state index contributed by atoms with van der Waals surface area (Å²) in [6.45, 7) is 5.81. The van der Waals surface area contributed by atoms with E-state index < -0.39 is 0 Å². The Bertz CT molecular complexity index is 549. The highest BCUT2D eigenvalue weighted by Crippen LogP contribution is 2.31. The first-order valence-corrected chi connectivity index (χ1v) is 6.01. The normalized spacial score (nSPS) is 12.0. The number of halogens is 1. The molecule has 1 heterocycles. The Morgan fingerprint density at radius 2 is 2.00 bits per heavy atom. The van der Waals surface area contributed by atoms with E-state index in [0.717, 1.165) is 20.9 Å². The molecule has 16 heavy (non-hydrogen) atoms. The quantitative estimate of drug-likeness (QED) is 0.782. The number of aromatic nitrogens is 1. The first-order valence-electron chi connectivity index (χ1n) is 5.21. The fourth-order valence-electron chi connectivity index (χ4n) is 1.72. The maximum atomic E-state index is 12.3. The van der Waals surface area contributed by atoms with Crippen molar-refractivity contribution < 1.29 is 4.79 Å². The second-order valence-electron chi connectivity index (χ2n) is 4.94. The molecule has 0 bridgehead atoms. The molecule has 0 radical (unpaired) electrons. The fourth-order valence-corrected chi connectivity index (χ4v) is 2.30. The van der Waals surface area contributed by atoms with E-state index >= 15 is 0 Å². The molecule has 3 heteroatoms. The number of aromatic amines is 1. The Balaban J connectivity index is 2.67. The number of carbonyl (C=O) groups excluding carboxylic acids is 1. The zero-order valence-electron chi connectivity index (χ0n) is 9.60. The Labute approximate surface area is 103 Å². The van der Waals surface area contributed by atoms with Gasteiger partial charge in [0.2, 0.25) is 0 Å². The SMILES string of the molecule is CC(C)(C)C(=O)c1c[nH]c2cccc(Br)c12. The third-order valence-electron chi connectivity index (χ3n) is 2.58. The monoisotopic (exact) mass is 279 g/mol. The summed E-state index contributed by atoms with van der Waals surface area (Å²) < 4.78 is 0.957. The molecule has 0 fully saturated rings. The number of ketones is 1. The van der Waals surface area contributed by atoms with Gasteiger partial charge in [0.1, 0.15) is 0 Å². The Kier molecular flexibility index (Phi) is 2.66. The molecule has 0 aliphatic heterocycles. The van der Waals surface area contributed by atoms with Crippen molar-refractivity contribution in [3.63, 3.8) is 0 Å². The van der Waals surface area contributed by atoms with E-state index in [1.165, 1.54) is 0 Å². The molecule has 1 N–H and O–H groups in total. The van der Waals surface area contributed by atoms with Crippen LogP contribution in [0.2, 0.25) is 0 Å². The van der Waals surface area contributed by atoms with Crippen molar-refractivity contribution in [3.05, 3.63) is 34.4 Å². The number of rotatable bonds is 1. The predicted octanol–water partition coefficient (Wildman–Crippen LogP) is 4.16. The lowest BCUT2D eigenvalue weighted by Crippen LogP contribution is -2.19. The van der Waals surface area contributed by atoms with E-state index in [1.54, 1.807) is 6.20 Å². The third-order valence-corrected chi connectivity index (χ3v) is 3.24. The summed E-state index contributed by atoms with van der Waals surface area (Å²) in [4.78, 5) is 15.4. The first kappa shape index (κ1) is 11.4. The van der Waals surface area contributed by atoms with Gasteiger partial charge in [0.05, 0.1) is 0 Å². The summed E-state index contributed by atoms with van der Waals surface area (Å²) in [5.74, 6) is 0.158. The molecule has 0 aliphatic carbocycles. The molecule has 1 aromatic heterocycles. The number of fused-ring (bicyclic) bond motifs is 1. The van der Waals surface area contributed by atoms with Gasteiger partial charge in [-0.2, -0.15) is 0 Å². The molecular formula is C13H14BrNO. The number of hydrogen-bond acceptors (Lipinski definition) is 1. The summed E-state index contributed by atoms with van der Waals surface area (Å²) in [6, 6.07) is 5.88. The van der Waals surface area contributed by atoms with Gasteiger partial charge >= 0.3 is 0 Å². The van der Waals surface area contributed by atoms with Gasteiger partial charge in [-0.25, -0.2) is 0 Å². The molecular weight excluding hydrogens is 266 g/mol. The summed E-state index contributed by atoms with van der Waals surface area (Å²) in [7, 11) is 0. The van der Waals surface area contributed by atoms with Crippen LogP contribution >= 0.6 is 15.9 Å². The van der Waals surface area contributed by atoms with E-state index in [0.29, 0.717) is 0 Å². The minimum absolute atomic E-state index is 0.158. The standard InChI is InChI=1S/C13H14BrNO/c1-13(2,3)12(16)8-7-15-10-6-4-5-9(14)11(8)10/h4-7,15H,1-3H3. The van der Waals surface area contributed by atoms with Crippen LogP contribution < -0.4 is 0 Å². The predicted molar refractivity (Wildman–Crippen MR) is 69.8 cm³/mol. The van der Waals surface area contributed by atoms with Crippen LogP contribution in [-0.4, -0.2) is 10.8 Å². The van der Waals surface area contributed by atoms with Crippen molar-refractivity contribution in [2.45, 2.75) is 20.8 Å². The van der Waals surface area contributed by atoms with Crippen LogP contribution in [0.3, 0.4) is 0 Å². The van der Waals surface area contributed by atoms with Crippen molar-refractivity contribution in [1.82, 2.24) is 4.98 Å². The van der Waals surface area contributed by atoms with Crippen LogP contribution in [0.5, 0.6) is 0 Å². The lowest BCUT2D eigenvalue weighted by Gasteiger charge is -2.15. The van der Waals surface area contributed by atoms with E-state index in [9.17, 15) is 4.79 Å². The highest BCUT2D eigenvalue weighted by molar-refractivity contribution is 9.10. The summed E-state index contributed by atoms with van der Waals surface area (Å²) in [6.07, 6.45) is 1.79. The molecule has 0 saturated carbocycles. The zero-order chi connectivity index (χ0) is 11.9. The van der Waals surface area contributed by atoms with Crippen LogP contribution in [0.4, 0.5) is 0 Å². The molecule has 0 spiro atoms. The van der Waals surface area contributed by atoms with E-state index in [-0.39, 0.29) is 11.2 Å². The van der Waals surface area contributed by atoms with Gasteiger partial charge < -0.3 is 4.98 Å². The number of hydrogen-bond donors (Lipinski definition) is 1. The lowest BCUT2D eigenvalue weighted by atomic mass is 9.86. The highest BCUT2D eigenvalue weighted by Gasteiger charge is 2.25. The molecule has 0 atom stereocenters. The molecule has 0 unspecified atom stereocenters. The van der Waals surface area contributed by atoms with Gasteiger partial charge in [-0.05, 0) is 12.1 Å². The molecule has 84 valence electrons. The minimum Gasteiger partial charge on any atom is -0.360 e. The molecule has 0 aliphatic rings. The van der Waals surface area contributed by atoms with Crippen LogP contribution in [0.1, 0.15) is 31.1 Å². The van der Waals surface area contributed by atoms with Gasteiger partial charge in [-0.15, -0.1) is 0 Å². The van der Waals surface area contributed by atoms with Crippen LogP contribution in [0, 0.1) is 5.41 Å². The average molecular weight is 280 g/mol. The maximum Gasteiger partial charge on any atom is 0.170 e. The molecule has 2 rings (SSSR count). The number of H-pyrrole nitrogens is 1. The largest absolute Gasteiger partial charge is 0.360 e. The van der Waals surface area contributed by atoms with Gasteiger partial charge in [-0.3, -0.25) is 4.79 Å². The lowest BCUT2D eigenvalue weighted by molar-refractivity contribution is 0.0860. The first-order chi connectivity index (χ1) is 7.41. The topological polar surface area (TPSA) is 32.9 Å². The molecule has 2 nitrogen and oxygen atoms in total. The average Bonchev–Trinajstić information content (AvgIpc) is 2.60. The van der Waals surface area contributed by atoms with Gasteiger partial charge in [0.25, 0.3) is 0 Å². The zero-order valence-corrected chi connectivity index (χ0v) is 11.2. The van der Waals surface area contributed by atoms with E-state index in [1.807, 2.05) is 39.0 Å². The number of nitrogens with one attached hydrogen (secondary N) is 1. The van der Waals surface area contributed by atoms with Crippen molar-refractivity contribution >= 4 is 32.6 Å². The Morgan fingerprint density at radius 3 is 2.62 bits per heavy atom. The number of carbonyl (C=O) groups is 1. The van der Waals surface area contributed by atoms with Gasteiger partial charge in [-0.1, -0.05) is 42.8 Å². The van der Waals surface area contributed by atoms with Crippen molar-refractivity contribution in [1.29, 1.82) is 0 Å². The molecule has 0 amide bonds. The van der Waals surface area contributed by atoms with Crippen molar-refractivity contribution in [2.75, 3.05) is 0 Å². The van der Waals surface area contributed by atoms with Crippen LogP contribution in [-0.2, 0) is 0 Å². The number of benzene rings is 1. The van der Waals surface area contributed by atoms with E-state index in [2.05, 4.69) is 20.9 Å². The fraction of sp³-hybridized carbons (Fsp3) is 0.308. The summed E-state index contributed by atoms with van der Waals surface area (Å²) >= 11 is 3.49. The molecule has 1 aromatic carbocycles. The smallest absolute Gasteiger partial charge is 0.170 e. The second kappa shape index (κ2) is 3.74. The molecule has 0 saturated heterocycles. The van der Waals surface area contributed by atoms with E-state index in [4.69, 9.17) is 0 Å². The molecule has 2 aromatic rings. The third kappa shape index (κ3) is 1.80. The highest BCUT2D eigenvalue weighted by atomic mass is 79.9.